The van der Waals surface area contributed by atoms with Crippen molar-refractivity contribution in [2.45, 2.75) is 25.0 Å². The Morgan fingerprint density at radius 3 is 2.52 bits per heavy atom. The summed E-state index contributed by atoms with van der Waals surface area (Å²) < 4.78 is 35.5. The molecule has 0 spiro atoms. The molecule has 25 heavy (non-hydrogen) atoms. The molecule has 0 bridgehead atoms. The van der Waals surface area contributed by atoms with Crippen molar-refractivity contribution >= 4 is 15.7 Å². The first-order valence-corrected chi connectivity index (χ1v) is 9.20. The summed E-state index contributed by atoms with van der Waals surface area (Å²) >= 11 is 0. The molecule has 0 saturated carbocycles. The van der Waals surface area contributed by atoms with Crippen LogP contribution < -0.4 is 9.46 Å². The lowest BCUT2D eigenvalue weighted by Crippen LogP contribution is -2.12. The summed E-state index contributed by atoms with van der Waals surface area (Å²) in [7, 11) is -2.03. The van der Waals surface area contributed by atoms with Gasteiger partial charge in [0.25, 0.3) is 10.0 Å². The molecule has 8 nitrogen and oxygen atoms in total. The van der Waals surface area contributed by atoms with Gasteiger partial charge < -0.3 is 4.74 Å². The molecular formula is C16H19N5O3S. The largest absolute Gasteiger partial charge is 0.471 e. The molecule has 0 atom stereocenters. The van der Waals surface area contributed by atoms with Crippen LogP contribution in [-0.4, -0.2) is 28.0 Å². The zero-order valence-electron chi connectivity index (χ0n) is 14.0. The Morgan fingerprint density at radius 1 is 1.12 bits per heavy atom. The summed E-state index contributed by atoms with van der Waals surface area (Å²) in [5.74, 6) is 0.727. The van der Waals surface area contributed by atoms with Crippen LogP contribution in [0.1, 0.15) is 12.5 Å². The second-order valence-corrected chi connectivity index (χ2v) is 7.18. The summed E-state index contributed by atoms with van der Waals surface area (Å²) in [5.41, 5.74) is 1.59. The molecule has 3 aromatic rings. The van der Waals surface area contributed by atoms with Crippen molar-refractivity contribution in [1.82, 2.24) is 19.6 Å². The van der Waals surface area contributed by atoms with Crippen LogP contribution in [0.25, 0.3) is 0 Å². The first kappa shape index (κ1) is 17.0. The molecule has 132 valence electrons. The second-order valence-electron chi connectivity index (χ2n) is 5.49. The summed E-state index contributed by atoms with van der Waals surface area (Å²) in [6.07, 6.45) is 6.68. The fraction of sp³-hybridized carbons (Fsp3) is 0.250. The minimum Gasteiger partial charge on any atom is -0.471 e. The highest BCUT2D eigenvalue weighted by Gasteiger charge is 2.17. The molecule has 3 rings (SSSR count). The number of nitrogens with one attached hydrogen (secondary N) is 1. The molecule has 0 aliphatic heterocycles. The molecule has 0 aliphatic carbocycles. The van der Waals surface area contributed by atoms with Gasteiger partial charge in [-0.05, 0) is 24.1 Å². The van der Waals surface area contributed by atoms with Crippen molar-refractivity contribution in [2.24, 2.45) is 7.05 Å². The van der Waals surface area contributed by atoms with Gasteiger partial charge in [-0.25, -0.2) is 13.1 Å². The zero-order chi connectivity index (χ0) is 17.9. The van der Waals surface area contributed by atoms with Crippen LogP contribution in [-0.2, 0) is 30.2 Å². The van der Waals surface area contributed by atoms with Crippen LogP contribution in [0.4, 0.5) is 5.69 Å². The van der Waals surface area contributed by atoms with E-state index < -0.39 is 10.0 Å². The topological polar surface area (TPSA) is 91.0 Å². The number of nitrogens with zero attached hydrogens (tertiary/aromatic N) is 4. The van der Waals surface area contributed by atoms with E-state index in [0.29, 0.717) is 5.69 Å². The Hall–Kier alpha value is -2.81. The van der Waals surface area contributed by atoms with Crippen molar-refractivity contribution in [3.63, 3.8) is 0 Å². The Kier molecular flexibility index (Phi) is 4.75. The highest BCUT2D eigenvalue weighted by Crippen LogP contribution is 2.16. The SMILES string of the molecule is CCc1ccc(OCn2cc(NS(=O)(=O)c3cnn(C)c3)cn2)cc1. The van der Waals surface area contributed by atoms with Crippen LogP contribution in [0.5, 0.6) is 5.75 Å². The summed E-state index contributed by atoms with van der Waals surface area (Å²) in [6, 6.07) is 7.81. The number of sulfonamides is 1. The van der Waals surface area contributed by atoms with Gasteiger partial charge >= 0.3 is 0 Å². The van der Waals surface area contributed by atoms with Crippen LogP contribution >= 0.6 is 0 Å². The molecule has 0 saturated heterocycles. The average Bonchev–Trinajstić information content (AvgIpc) is 3.22. The van der Waals surface area contributed by atoms with E-state index in [1.54, 1.807) is 13.2 Å². The zero-order valence-corrected chi connectivity index (χ0v) is 14.8. The first-order valence-electron chi connectivity index (χ1n) is 7.72. The molecule has 0 unspecified atom stereocenters. The van der Waals surface area contributed by atoms with Gasteiger partial charge in [0, 0.05) is 13.2 Å². The van der Waals surface area contributed by atoms with Crippen molar-refractivity contribution in [3.05, 3.63) is 54.6 Å². The summed E-state index contributed by atoms with van der Waals surface area (Å²) in [6.45, 7) is 2.27. The predicted octanol–water partition coefficient (Wildman–Crippen LogP) is 2.02. The van der Waals surface area contributed by atoms with Gasteiger partial charge in [0.1, 0.15) is 10.6 Å². The number of rotatable bonds is 7. The molecular weight excluding hydrogens is 342 g/mol. The third-order valence-corrected chi connectivity index (χ3v) is 4.91. The van der Waals surface area contributed by atoms with E-state index in [9.17, 15) is 8.42 Å². The van der Waals surface area contributed by atoms with Crippen LogP contribution in [0, 0.1) is 0 Å². The van der Waals surface area contributed by atoms with Crippen LogP contribution in [0.3, 0.4) is 0 Å². The van der Waals surface area contributed by atoms with Crippen LogP contribution in [0.15, 0.2) is 53.9 Å². The molecule has 1 N–H and O–H groups in total. The quantitative estimate of drug-likeness (QED) is 0.695. The van der Waals surface area contributed by atoms with Gasteiger partial charge in [0.2, 0.25) is 0 Å². The van der Waals surface area contributed by atoms with Gasteiger partial charge in [0.05, 0.1) is 24.3 Å². The van der Waals surface area contributed by atoms with Crippen molar-refractivity contribution < 1.29 is 13.2 Å². The number of aryl methyl sites for hydroxylation is 2. The van der Waals surface area contributed by atoms with Gasteiger partial charge in [-0.2, -0.15) is 10.2 Å². The van der Waals surface area contributed by atoms with E-state index in [2.05, 4.69) is 21.8 Å². The molecule has 0 radical (unpaired) electrons. The minimum absolute atomic E-state index is 0.0926. The van der Waals surface area contributed by atoms with Crippen molar-refractivity contribution in [1.29, 1.82) is 0 Å². The summed E-state index contributed by atoms with van der Waals surface area (Å²) in [4.78, 5) is 0.0926. The number of anilines is 1. The number of ether oxygens (including phenoxy) is 1. The monoisotopic (exact) mass is 361 g/mol. The first-order chi connectivity index (χ1) is 12.0. The number of benzene rings is 1. The lowest BCUT2D eigenvalue weighted by atomic mass is 10.2. The smallest absolute Gasteiger partial charge is 0.265 e. The minimum atomic E-state index is -3.68. The molecule has 9 heteroatoms. The predicted molar refractivity (Wildman–Crippen MR) is 92.7 cm³/mol. The van der Waals surface area contributed by atoms with E-state index in [1.807, 2.05) is 24.3 Å². The maximum Gasteiger partial charge on any atom is 0.265 e. The standard InChI is InChI=1S/C16H19N5O3S/c1-3-13-4-6-15(7-5-13)24-12-21-10-14(8-18-21)19-25(22,23)16-9-17-20(2)11-16/h4-11,19H,3,12H2,1-2H3. The van der Waals surface area contributed by atoms with Gasteiger partial charge in [-0.3, -0.25) is 9.40 Å². The van der Waals surface area contributed by atoms with Gasteiger partial charge in [-0.1, -0.05) is 19.1 Å². The molecule has 0 amide bonds. The second kappa shape index (κ2) is 6.98. The van der Waals surface area contributed by atoms with E-state index in [1.165, 1.54) is 33.5 Å². The Morgan fingerprint density at radius 2 is 1.88 bits per heavy atom. The molecule has 0 fully saturated rings. The maximum absolute atomic E-state index is 12.2. The third kappa shape index (κ3) is 4.18. The van der Waals surface area contributed by atoms with Crippen LogP contribution in [0.2, 0.25) is 0 Å². The summed E-state index contributed by atoms with van der Waals surface area (Å²) in [5, 5.41) is 7.95. The lowest BCUT2D eigenvalue weighted by Gasteiger charge is -2.06. The van der Waals surface area contributed by atoms with Gasteiger partial charge in [0.15, 0.2) is 6.73 Å². The normalized spacial score (nSPS) is 11.4. The fourth-order valence-electron chi connectivity index (χ4n) is 2.20. The molecule has 1 aromatic carbocycles. The van der Waals surface area contributed by atoms with E-state index >= 15 is 0 Å². The maximum atomic E-state index is 12.2. The molecule has 2 aromatic heterocycles. The highest BCUT2D eigenvalue weighted by atomic mass is 32.2. The lowest BCUT2D eigenvalue weighted by molar-refractivity contribution is 0.221. The Labute approximate surface area is 146 Å². The average molecular weight is 361 g/mol. The molecule has 2 heterocycles. The number of hydrogen-bond donors (Lipinski definition) is 1. The van der Waals surface area contributed by atoms with Crippen molar-refractivity contribution in [2.75, 3.05) is 4.72 Å². The number of hydrogen-bond acceptors (Lipinski definition) is 5. The van der Waals surface area contributed by atoms with E-state index in [0.717, 1.165) is 12.2 Å². The fourth-order valence-corrected chi connectivity index (χ4v) is 3.21. The Balaban J connectivity index is 1.62. The van der Waals surface area contributed by atoms with Gasteiger partial charge in [-0.15, -0.1) is 0 Å². The Bertz CT molecular complexity index is 944. The van der Waals surface area contributed by atoms with Crippen molar-refractivity contribution in [3.8, 4) is 5.75 Å². The van der Waals surface area contributed by atoms with E-state index in [-0.39, 0.29) is 11.6 Å². The highest BCUT2D eigenvalue weighted by molar-refractivity contribution is 7.92. The third-order valence-electron chi connectivity index (χ3n) is 3.57. The van der Waals surface area contributed by atoms with E-state index in [4.69, 9.17) is 4.74 Å². The molecule has 0 aliphatic rings. The number of aromatic nitrogens is 4.